The number of aromatic nitrogens is 1. The average Bonchev–Trinajstić information content (AvgIpc) is 3.22. The van der Waals surface area contributed by atoms with Gasteiger partial charge in [0.15, 0.2) is 0 Å². The second kappa shape index (κ2) is 11.6. The number of rotatable bonds is 8. The molecule has 1 aliphatic heterocycles. The number of nitrogens with zero attached hydrogens (tertiary/aromatic N) is 2. The highest BCUT2D eigenvalue weighted by Gasteiger charge is 2.24. The van der Waals surface area contributed by atoms with Crippen LogP contribution in [0.5, 0.6) is 0 Å². The molecule has 0 bridgehead atoms. The van der Waals surface area contributed by atoms with E-state index >= 15 is 0 Å². The van der Waals surface area contributed by atoms with Gasteiger partial charge in [-0.2, -0.15) is 0 Å². The molecule has 3 aromatic rings. The van der Waals surface area contributed by atoms with Crippen molar-refractivity contribution in [2.45, 2.75) is 76.8 Å². The Balaban J connectivity index is 1.48. The summed E-state index contributed by atoms with van der Waals surface area (Å²) < 4.78 is 3.77. The number of benzene rings is 2. The molecule has 2 aromatic carbocycles. The summed E-state index contributed by atoms with van der Waals surface area (Å²) in [6.45, 7) is 6.82. The summed E-state index contributed by atoms with van der Waals surface area (Å²) in [5.74, 6) is 1.22. The first-order chi connectivity index (χ1) is 17.1. The molecule has 1 saturated heterocycles. The van der Waals surface area contributed by atoms with Crippen molar-refractivity contribution >= 4 is 26.8 Å². The summed E-state index contributed by atoms with van der Waals surface area (Å²) in [4.78, 5) is 2.63. The fourth-order valence-electron chi connectivity index (χ4n) is 6.52. The van der Waals surface area contributed by atoms with E-state index < -0.39 is 0 Å². The van der Waals surface area contributed by atoms with Gasteiger partial charge in [0.2, 0.25) is 0 Å². The second-order valence-corrected chi connectivity index (χ2v) is 12.0. The van der Waals surface area contributed by atoms with Gasteiger partial charge in [0.25, 0.3) is 0 Å². The first kappa shape index (κ1) is 25.0. The van der Waals surface area contributed by atoms with E-state index in [2.05, 4.69) is 93.3 Å². The van der Waals surface area contributed by atoms with Crippen LogP contribution in [0, 0.1) is 12.8 Å². The van der Waals surface area contributed by atoms with Crippen LogP contribution in [-0.4, -0.2) is 42.2 Å². The lowest BCUT2D eigenvalue weighted by atomic mass is 9.87. The molecule has 1 saturated carbocycles. The largest absolute Gasteiger partial charge is 0.347 e. The van der Waals surface area contributed by atoms with Gasteiger partial charge < -0.3 is 14.8 Å². The van der Waals surface area contributed by atoms with Crippen LogP contribution in [0.15, 0.2) is 53.1 Å². The molecule has 1 N–H and O–H groups in total. The second-order valence-electron chi connectivity index (χ2n) is 11.1. The number of hydrogen-bond acceptors (Lipinski definition) is 2. The van der Waals surface area contributed by atoms with Crippen LogP contribution < -0.4 is 5.32 Å². The highest BCUT2D eigenvalue weighted by molar-refractivity contribution is 9.10. The molecule has 0 spiro atoms. The molecular weight excluding hydrogens is 494 g/mol. The van der Waals surface area contributed by atoms with Crippen LogP contribution in [0.4, 0.5) is 0 Å². The van der Waals surface area contributed by atoms with Crippen LogP contribution in [-0.2, 0) is 6.54 Å². The van der Waals surface area contributed by atoms with Crippen molar-refractivity contribution in [2.75, 3.05) is 26.7 Å². The zero-order valence-electron chi connectivity index (χ0n) is 21.6. The molecule has 2 aliphatic rings. The molecule has 4 heteroatoms. The predicted octanol–water partition coefficient (Wildman–Crippen LogP) is 7.50. The summed E-state index contributed by atoms with van der Waals surface area (Å²) >= 11 is 3.78. The third-order valence-electron chi connectivity index (χ3n) is 8.58. The molecular formula is C31H42BrN3. The summed E-state index contributed by atoms with van der Waals surface area (Å²) in [6, 6.07) is 16.9. The van der Waals surface area contributed by atoms with Gasteiger partial charge in [0.1, 0.15) is 0 Å². The van der Waals surface area contributed by atoms with Gasteiger partial charge >= 0.3 is 0 Å². The molecule has 1 unspecified atom stereocenters. The summed E-state index contributed by atoms with van der Waals surface area (Å²) in [6.07, 6.45) is 13.2. The minimum atomic E-state index is 0.406. The highest BCUT2D eigenvalue weighted by Crippen LogP contribution is 2.38. The van der Waals surface area contributed by atoms with Gasteiger partial charge in [0.05, 0.1) is 0 Å². The minimum absolute atomic E-state index is 0.406. The summed E-state index contributed by atoms with van der Waals surface area (Å²) in [5, 5.41) is 4.94. The summed E-state index contributed by atoms with van der Waals surface area (Å²) in [5.41, 5.74) is 5.71. The van der Waals surface area contributed by atoms with Gasteiger partial charge in [0, 0.05) is 40.1 Å². The average molecular weight is 537 g/mol. The number of hydrogen-bond donors (Lipinski definition) is 1. The fourth-order valence-corrected chi connectivity index (χ4v) is 6.89. The van der Waals surface area contributed by atoms with Crippen LogP contribution >= 0.6 is 15.9 Å². The Kier molecular flexibility index (Phi) is 8.32. The minimum Gasteiger partial charge on any atom is -0.347 e. The number of halogens is 1. The standard InChI is InChI=1S/C31H42BrN3/c1-23-7-6-10-25(19-23)28(15-18-34(2)27-13-16-33-17-14-27)30-22-35(21-24-8-4-3-5-9-24)31-12-11-26(32)20-29(30)31/h6-7,10-12,19-20,22,24,27-28,33H,3-5,8-9,13-18,21H2,1-2H3. The Morgan fingerprint density at radius 1 is 1.03 bits per heavy atom. The van der Waals surface area contributed by atoms with E-state index in [-0.39, 0.29) is 0 Å². The van der Waals surface area contributed by atoms with Crippen molar-refractivity contribution in [1.82, 2.24) is 14.8 Å². The van der Waals surface area contributed by atoms with Gasteiger partial charge in [-0.1, -0.05) is 65.0 Å². The van der Waals surface area contributed by atoms with E-state index in [0.717, 1.165) is 38.5 Å². The van der Waals surface area contributed by atoms with E-state index in [1.165, 1.54) is 77.0 Å². The Hall–Kier alpha value is -1.62. The molecule has 1 aliphatic carbocycles. The topological polar surface area (TPSA) is 20.2 Å². The van der Waals surface area contributed by atoms with Crippen molar-refractivity contribution in [2.24, 2.45) is 5.92 Å². The molecule has 3 nitrogen and oxygen atoms in total. The van der Waals surface area contributed by atoms with Crippen molar-refractivity contribution in [3.63, 3.8) is 0 Å². The number of piperidine rings is 1. The van der Waals surface area contributed by atoms with Gasteiger partial charge in [-0.3, -0.25) is 0 Å². The van der Waals surface area contributed by atoms with E-state index in [9.17, 15) is 0 Å². The molecule has 0 amide bonds. The van der Waals surface area contributed by atoms with E-state index in [1.54, 1.807) is 0 Å². The fraction of sp³-hybridized carbons (Fsp3) is 0.548. The molecule has 5 rings (SSSR count). The first-order valence-electron chi connectivity index (χ1n) is 13.8. The SMILES string of the molecule is Cc1cccc(C(CCN(C)C2CCNCC2)c2cn(CC3CCCCC3)c3ccc(Br)cc23)c1. The maximum absolute atomic E-state index is 3.78. The molecule has 188 valence electrons. The Labute approximate surface area is 220 Å². The lowest BCUT2D eigenvalue weighted by molar-refractivity contribution is 0.195. The van der Waals surface area contributed by atoms with Crippen LogP contribution in [0.2, 0.25) is 0 Å². The molecule has 2 fully saturated rings. The zero-order valence-corrected chi connectivity index (χ0v) is 23.2. The maximum Gasteiger partial charge on any atom is 0.0484 e. The molecule has 35 heavy (non-hydrogen) atoms. The van der Waals surface area contributed by atoms with E-state index in [4.69, 9.17) is 0 Å². The third-order valence-corrected chi connectivity index (χ3v) is 9.07. The predicted molar refractivity (Wildman–Crippen MR) is 152 cm³/mol. The number of nitrogens with one attached hydrogen (secondary N) is 1. The number of fused-ring (bicyclic) bond motifs is 1. The van der Waals surface area contributed by atoms with Crippen LogP contribution in [0.1, 0.15) is 74.0 Å². The van der Waals surface area contributed by atoms with Gasteiger partial charge in [-0.25, -0.2) is 0 Å². The Bertz CT molecular complexity index is 1110. The van der Waals surface area contributed by atoms with Crippen molar-refractivity contribution in [3.05, 3.63) is 69.8 Å². The lowest BCUT2D eigenvalue weighted by Crippen LogP contribution is -2.41. The van der Waals surface area contributed by atoms with Gasteiger partial charge in [-0.15, -0.1) is 0 Å². The van der Waals surface area contributed by atoms with Gasteiger partial charge in [-0.05, 0) is 101 Å². The van der Waals surface area contributed by atoms with Crippen LogP contribution in [0.25, 0.3) is 10.9 Å². The van der Waals surface area contributed by atoms with E-state index in [0.29, 0.717) is 12.0 Å². The van der Waals surface area contributed by atoms with E-state index in [1.807, 2.05) is 0 Å². The Morgan fingerprint density at radius 2 is 1.83 bits per heavy atom. The Morgan fingerprint density at radius 3 is 2.60 bits per heavy atom. The number of aryl methyl sites for hydroxylation is 1. The normalized spacial score (nSPS) is 19.0. The third kappa shape index (κ3) is 6.03. The molecule has 1 atom stereocenters. The molecule has 2 heterocycles. The molecule has 0 radical (unpaired) electrons. The molecule has 1 aromatic heterocycles. The monoisotopic (exact) mass is 535 g/mol. The van der Waals surface area contributed by atoms with Crippen molar-refractivity contribution < 1.29 is 0 Å². The zero-order chi connectivity index (χ0) is 24.2. The van der Waals surface area contributed by atoms with Crippen molar-refractivity contribution in [3.8, 4) is 0 Å². The summed E-state index contributed by atoms with van der Waals surface area (Å²) in [7, 11) is 2.34. The quantitative estimate of drug-likeness (QED) is 0.322. The van der Waals surface area contributed by atoms with Crippen LogP contribution in [0.3, 0.4) is 0 Å². The highest BCUT2D eigenvalue weighted by atomic mass is 79.9. The smallest absolute Gasteiger partial charge is 0.0484 e. The maximum atomic E-state index is 3.78. The first-order valence-corrected chi connectivity index (χ1v) is 14.6. The van der Waals surface area contributed by atoms with Crippen molar-refractivity contribution in [1.29, 1.82) is 0 Å². The lowest BCUT2D eigenvalue weighted by Gasteiger charge is -2.32.